The Labute approximate surface area is 350 Å². The number of rotatable bonds is 27. The fourth-order valence-electron chi connectivity index (χ4n) is 8.34. The Kier molecular flexibility index (Phi) is 19.4. The summed E-state index contributed by atoms with van der Waals surface area (Å²) in [5, 5.41) is 0.848. The third-order valence-corrected chi connectivity index (χ3v) is 12.9. The van der Waals surface area contributed by atoms with Crippen molar-refractivity contribution < 1.29 is 29.0 Å². The zero-order valence-electron chi connectivity index (χ0n) is 34.3. The first-order valence-electron chi connectivity index (χ1n) is 21.4. The van der Waals surface area contributed by atoms with Crippen molar-refractivity contribution in [2.24, 2.45) is 0 Å². The van der Waals surface area contributed by atoms with Crippen molar-refractivity contribution in [1.82, 2.24) is 0 Å². The summed E-state index contributed by atoms with van der Waals surface area (Å²) in [7, 11) is -4.59. The molecule has 0 unspecified atom stereocenters. The number of hydrogen-bond acceptors (Lipinski definition) is 6. The highest BCUT2D eigenvalue weighted by atomic mass is 31.2. The third-order valence-electron chi connectivity index (χ3n) is 11.3. The van der Waals surface area contributed by atoms with Crippen molar-refractivity contribution in [1.29, 1.82) is 0 Å². The molecule has 0 aliphatic carbocycles. The van der Waals surface area contributed by atoms with Crippen LogP contribution in [0.3, 0.4) is 0 Å². The molecule has 0 fully saturated rings. The van der Waals surface area contributed by atoms with Gasteiger partial charge >= 0.3 is 0 Å². The van der Waals surface area contributed by atoms with Crippen LogP contribution in [-0.4, -0.2) is 32.8 Å². The van der Waals surface area contributed by atoms with Crippen molar-refractivity contribution in [3.8, 4) is 5.75 Å². The van der Waals surface area contributed by atoms with E-state index in [1.807, 2.05) is 66.7 Å². The van der Waals surface area contributed by atoms with E-state index in [-0.39, 0.29) is 6.61 Å². The van der Waals surface area contributed by atoms with E-state index >= 15 is 0 Å². The molecule has 0 amide bonds. The summed E-state index contributed by atoms with van der Waals surface area (Å²) in [5.41, 5.74) is 1.48. The molecule has 5 aromatic carbocycles. The number of benzene rings is 5. The highest BCUT2D eigenvalue weighted by molar-refractivity contribution is 7.54. The first-order chi connectivity index (χ1) is 28.4. The molecule has 0 heterocycles. The molecule has 0 aromatic heterocycles. The minimum absolute atomic E-state index is 0.158. The topological polar surface area (TPSA) is 99.4 Å². The summed E-state index contributed by atoms with van der Waals surface area (Å²) in [5.74, 6) is 0.527. The summed E-state index contributed by atoms with van der Waals surface area (Å²) in [4.78, 5) is 40.4. The van der Waals surface area contributed by atoms with Crippen LogP contribution in [0.5, 0.6) is 5.75 Å². The van der Waals surface area contributed by atoms with Gasteiger partial charge in [0, 0.05) is 17.2 Å². The molecule has 4 N–H and O–H groups in total. The van der Waals surface area contributed by atoms with E-state index in [9.17, 15) is 19.6 Å². The van der Waals surface area contributed by atoms with Crippen LogP contribution in [0.4, 0.5) is 0 Å². The molecular formula is C50H64O6P2. The highest BCUT2D eigenvalue weighted by Crippen LogP contribution is 2.54. The van der Waals surface area contributed by atoms with Crippen LogP contribution in [0.15, 0.2) is 140 Å². The van der Waals surface area contributed by atoms with Crippen LogP contribution in [0.1, 0.15) is 125 Å². The maximum Gasteiger partial charge on any atom is 0.199 e. The summed E-state index contributed by atoms with van der Waals surface area (Å²) in [6.45, 7) is 2.98. The van der Waals surface area contributed by atoms with E-state index in [4.69, 9.17) is 9.47 Å². The van der Waals surface area contributed by atoms with Crippen molar-refractivity contribution in [2.75, 3.05) is 13.2 Å². The van der Waals surface area contributed by atoms with E-state index < -0.39 is 27.8 Å². The molecule has 0 saturated carbocycles. The molecule has 58 heavy (non-hydrogen) atoms. The van der Waals surface area contributed by atoms with Crippen molar-refractivity contribution in [3.63, 3.8) is 0 Å². The Morgan fingerprint density at radius 2 is 0.776 bits per heavy atom. The lowest BCUT2D eigenvalue weighted by Crippen LogP contribution is -2.57. The fourth-order valence-corrected chi connectivity index (χ4v) is 9.17. The maximum absolute atomic E-state index is 10.2. The smallest absolute Gasteiger partial charge is 0.199 e. The number of hydrogen-bond donors (Lipinski definition) is 4. The van der Waals surface area contributed by atoms with E-state index in [1.165, 1.54) is 83.5 Å². The Bertz CT molecular complexity index is 1730. The second kappa shape index (κ2) is 24.6. The molecule has 0 radical (unpaired) electrons. The average Bonchev–Trinajstić information content (AvgIpc) is 3.26. The van der Waals surface area contributed by atoms with Crippen molar-refractivity contribution >= 4 is 27.4 Å². The summed E-state index contributed by atoms with van der Waals surface area (Å²) >= 11 is 0. The van der Waals surface area contributed by atoms with E-state index in [2.05, 4.69) is 43.3 Å². The van der Waals surface area contributed by atoms with Gasteiger partial charge in [-0.25, -0.2) is 0 Å². The van der Waals surface area contributed by atoms with Crippen LogP contribution in [0, 0.1) is 0 Å². The molecule has 0 aliphatic heterocycles. The van der Waals surface area contributed by atoms with Crippen LogP contribution < -0.4 is 15.3 Å². The Morgan fingerprint density at radius 1 is 0.414 bits per heavy atom. The lowest BCUT2D eigenvalue weighted by Gasteiger charge is -2.51. The molecule has 6 nitrogen and oxygen atoms in total. The molecule has 0 bridgehead atoms. The standard InChI is InChI=1S/C50H64O6P2/c1-2-3-4-5-6-7-8-9-10-11-12-13-14-15-25-40-55-41-49(42-32-36-47(37-33-42)57(51)52,56-46-34-38-48(39-35-46)58(53)54)50(43-26-19-16-20-27-43,44-28-21-17-22-29-44)45-30-23-18-24-31-45/h16-24,26-39,51-54H,2-15,25,40-41H2,1H3/t49-/m1/s1. The second-order valence-electron chi connectivity index (χ2n) is 15.4. The fraction of sp³-hybridized carbons (Fsp3) is 0.400. The predicted molar refractivity (Wildman–Crippen MR) is 242 cm³/mol. The van der Waals surface area contributed by atoms with Gasteiger partial charge in [0.25, 0.3) is 0 Å². The zero-order chi connectivity index (χ0) is 40.9. The summed E-state index contributed by atoms with van der Waals surface area (Å²) in [6, 6.07) is 45.4. The zero-order valence-corrected chi connectivity index (χ0v) is 36.1. The molecule has 1 atom stereocenters. The van der Waals surface area contributed by atoms with Crippen LogP contribution in [0.25, 0.3) is 0 Å². The first-order valence-corrected chi connectivity index (χ1v) is 23.9. The van der Waals surface area contributed by atoms with Gasteiger partial charge in [-0.3, -0.25) is 0 Å². The Hall–Kier alpha value is -3.44. The van der Waals surface area contributed by atoms with Gasteiger partial charge in [0.1, 0.15) is 5.75 Å². The van der Waals surface area contributed by atoms with Gasteiger partial charge in [0.2, 0.25) is 0 Å². The molecule has 0 spiro atoms. The molecule has 5 rings (SSSR count). The molecule has 5 aromatic rings. The molecular weight excluding hydrogens is 758 g/mol. The normalized spacial score (nSPS) is 12.9. The average molecular weight is 823 g/mol. The highest BCUT2D eigenvalue weighted by Gasteiger charge is 2.58. The lowest BCUT2D eigenvalue weighted by molar-refractivity contribution is -0.0650. The SMILES string of the molecule is CCCCCCCCCCCCCCCCCOC[C@@](Oc1ccc(P(O)O)cc1)(c1ccc(P(O)O)cc1)C(c1ccccc1)(c1ccccc1)c1ccccc1. The van der Waals surface area contributed by atoms with Gasteiger partial charge in [-0.2, -0.15) is 0 Å². The molecule has 0 aliphatic rings. The van der Waals surface area contributed by atoms with E-state index in [1.54, 1.807) is 36.4 Å². The summed E-state index contributed by atoms with van der Waals surface area (Å²) < 4.78 is 14.3. The first kappa shape index (κ1) is 45.6. The van der Waals surface area contributed by atoms with Crippen LogP contribution in [-0.2, 0) is 15.8 Å². The number of ether oxygens (including phenoxy) is 2. The Balaban J connectivity index is 1.44. The minimum Gasteiger partial charge on any atom is -0.478 e. The van der Waals surface area contributed by atoms with E-state index in [0.717, 1.165) is 35.1 Å². The van der Waals surface area contributed by atoms with Crippen LogP contribution in [0.2, 0.25) is 0 Å². The Morgan fingerprint density at radius 3 is 1.16 bits per heavy atom. The second-order valence-corrected chi connectivity index (χ2v) is 17.6. The number of unbranched alkanes of at least 4 members (excludes halogenated alkanes) is 14. The largest absolute Gasteiger partial charge is 0.478 e. The third kappa shape index (κ3) is 12.3. The van der Waals surface area contributed by atoms with Gasteiger partial charge in [-0.15, -0.1) is 0 Å². The maximum atomic E-state index is 10.2. The molecule has 310 valence electrons. The van der Waals surface area contributed by atoms with Crippen molar-refractivity contribution in [2.45, 2.75) is 114 Å². The van der Waals surface area contributed by atoms with Gasteiger partial charge in [0.15, 0.2) is 22.4 Å². The van der Waals surface area contributed by atoms with Gasteiger partial charge in [-0.05, 0) is 65.1 Å². The van der Waals surface area contributed by atoms with Crippen molar-refractivity contribution in [3.05, 3.63) is 162 Å². The molecule has 8 heteroatoms. The van der Waals surface area contributed by atoms with Crippen LogP contribution >= 0.6 is 16.8 Å². The predicted octanol–water partition coefficient (Wildman–Crippen LogP) is 11.7. The monoisotopic (exact) mass is 822 g/mol. The van der Waals surface area contributed by atoms with Gasteiger partial charge in [-0.1, -0.05) is 200 Å². The van der Waals surface area contributed by atoms with Gasteiger partial charge in [0.05, 0.1) is 12.0 Å². The molecule has 0 saturated heterocycles. The van der Waals surface area contributed by atoms with E-state index in [0.29, 0.717) is 23.0 Å². The van der Waals surface area contributed by atoms with Gasteiger partial charge < -0.3 is 29.0 Å². The summed E-state index contributed by atoms with van der Waals surface area (Å²) in [6.07, 6.45) is 19.4. The lowest BCUT2D eigenvalue weighted by atomic mass is 9.57. The quantitative estimate of drug-likeness (QED) is 0.0239. The minimum atomic E-state index is -2.31.